The Kier molecular flexibility index (Phi) is 2.70. The van der Waals surface area contributed by atoms with Gasteiger partial charge in [-0.15, -0.1) is 0 Å². The molecular weight excluding hydrogens is 180 g/mol. The third-order valence-electron chi connectivity index (χ3n) is 2.84. The van der Waals surface area contributed by atoms with Gasteiger partial charge in [0, 0.05) is 12.3 Å². The Labute approximate surface area is 84.1 Å². The van der Waals surface area contributed by atoms with Crippen LogP contribution < -0.4 is 0 Å². The van der Waals surface area contributed by atoms with Crippen molar-refractivity contribution in [2.75, 3.05) is 0 Å². The smallest absolute Gasteiger partial charge is 0.164 e. The van der Waals surface area contributed by atoms with E-state index in [1.165, 1.54) is 5.57 Å². The molecule has 0 aromatic heterocycles. The molecule has 2 aliphatic rings. The molecule has 3 heteroatoms. The molecule has 78 valence electrons. The number of hydrogen-bond donors (Lipinski definition) is 0. The van der Waals surface area contributed by atoms with Crippen molar-refractivity contribution in [1.82, 2.24) is 0 Å². The van der Waals surface area contributed by atoms with Crippen LogP contribution in [0.3, 0.4) is 0 Å². The van der Waals surface area contributed by atoms with Crippen LogP contribution in [0.15, 0.2) is 11.6 Å². The first kappa shape index (κ1) is 9.87. The molecule has 0 amide bonds. The quantitative estimate of drug-likeness (QED) is 0.677. The summed E-state index contributed by atoms with van der Waals surface area (Å²) < 4.78 is 10.6. The predicted molar refractivity (Wildman–Crippen MR) is 51.5 cm³/mol. The zero-order chi connectivity index (χ0) is 10.1. The summed E-state index contributed by atoms with van der Waals surface area (Å²) in [5, 5.41) is 0. The van der Waals surface area contributed by atoms with E-state index in [0.717, 1.165) is 12.8 Å². The molecule has 1 aliphatic carbocycles. The molecule has 2 rings (SSSR count). The second-order valence-electron chi connectivity index (χ2n) is 4.13. The topological polar surface area (TPSA) is 35.5 Å². The molecule has 0 bridgehead atoms. The van der Waals surface area contributed by atoms with Crippen LogP contribution >= 0.6 is 0 Å². The number of hydrogen-bond acceptors (Lipinski definition) is 3. The van der Waals surface area contributed by atoms with Crippen LogP contribution in [0, 0.1) is 5.92 Å². The van der Waals surface area contributed by atoms with Crippen molar-refractivity contribution < 1.29 is 14.3 Å². The SMILES string of the molecule is CC1=CC(=O)C(CC2OC(C)O2)CC1. The molecule has 1 saturated heterocycles. The lowest BCUT2D eigenvalue weighted by Gasteiger charge is -2.36. The molecule has 1 aliphatic heterocycles. The molecule has 3 nitrogen and oxygen atoms in total. The fraction of sp³-hybridized carbons (Fsp3) is 0.727. The first-order chi connectivity index (χ1) is 6.65. The average Bonchev–Trinajstić information content (AvgIpc) is 2.06. The second kappa shape index (κ2) is 3.83. The van der Waals surface area contributed by atoms with Crippen molar-refractivity contribution in [2.45, 2.75) is 45.7 Å². The van der Waals surface area contributed by atoms with Gasteiger partial charge < -0.3 is 9.47 Å². The lowest BCUT2D eigenvalue weighted by atomic mass is 9.86. The maximum atomic E-state index is 11.6. The first-order valence-electron chi connectivity index (χ1n) is 5.17. The number of allylic oxidation sites excluding steroid dienone is 2. The summed E-state index contributed by atoms with van der Waals surface area (Å²) >= 11 is 0. The van der Waals surface area contributed by atoms with E-state index in [9.17, 15) is 4.79 Å². The van der Waals surface area contributed by atoms with Gasteiger partial charge in [0.1, 0.15) is 0 Å². The monoisotopic (exact) mass is 196 g/mol. The van der Waals surface area contributed by atoms with Crippen LogP contribution in [0.4, 0.5) is 0 Å². The van der Waals surface area contributed by atoms with Gasteiger partial charge in [0.15, 0.2) is 18.4 Å². The zero-order valence-electron chi connectivity index (χ0n) is 8.66. The summed E-state index contributed by atoms with van der Waals surface area (Å²) in [6, 6.07) is 0. The van der Waals surface area contributed by atoms with E-state index >= 15 is 0 Å². The number of ketones is 1. The normalized spacial score (nSPS) is 37.7. The highest BCUT2D eigenvalue weighted by atomic mass is 16.9. The molecule has 1 unspecified atom stereocenters. The van der Waals surface area contributed by atoms with E-state index in [2.05, 4.69) is 0 Å². The Balaban J connectivity index is 1.84. The number of rotatable bonds is 2. The van der Waals surface area contributed by atoms with Crippen molar-refractivity contribution in [3.63, 3.8) is 0 Å². The fourth-order valence-electron chi connectivity index (χ4n) is 1.99. The van der Waals surface area contributed by atoms with Gasteiger partial charge in [-0.1, -0.05) is 5.57 Å². The van der Waals surface area contributed by atoms with Crippen LogP contribution in [0.1, 0.15) is 33.1 Å². The third kappa shape index (κ3) is 2.04. The Bertz CT molecular complexity index is 264. The minimum Gasteiger partial charge on any atom is -0.324 e. The summed E-state index contributed by atoms with van der Waals surface area (Å²) in [6.07, 6.45) is 4.21. The molecule has 14 heavy (non-hydrogen) atoms. The molecule has 0 spiro atoms. The molecule has 1 heterocycles. The Morgan fingerprint density at radius 3 is 2.79 bits per heavy atom. The van der Waals surface area contributed by atoms with E-state index in [-0.39, 0.29) is 24.3 Å². The van der Waals surface area contributed by atoms with Crippen LogP contribution in [-0.4, -0.2) is 18.4 Å². The van der Waals surface area contributed by atoms with E-state index < -0.39 is 0 Å². The van der Waals surface area contributed by atoms with Crippen LogP contribution in [0.5, 0.6) is 0 Å². The summed E-state index contributed by atoms with van der Waals surface area (Å²) in [6.45, 7) is 3.87. The summed E-state index contributed by atoms with van der Waals surface area (Å²) in [5.74, 6) is 0.344. The minimum absolute atomic E-state index is 0.0871. The van der Waals surface area contributed by atoms with Gasteiger partial charge in [-0.3, -0.25) is 4.79 Å². The van der Waals surface area contributed by atoms with Crippen molar-refractivity contribution in [3.05, 3.63) is 11.6 Å². The molecule has 0 radical (unpaired) electrons. The first-order valence-corrected chi connectivity index (χ1v) is 5.17. The van der Waals surface area contributed by atoms with Gasteiger partial charge in [0.05, 0.1) is 0 Å². The lowest BCUT2D eigenvalue weighted by Crippen LogP contribution is -2.41. The van der Waals surface area contributed by atoms with Crippen molar-refractivity contribution in [2.24, 2.45) is 5.92 Å². The van der Waals surface area contributed by atoms with E-state index in [0.29, 0.717) is 6.42 Å². The highest BCUT2D eigenvalue weighted by Crippen LogP contribution is 2.29. The molecule has 0 saturated carbocycles. The van der Waals surface area contributed by atoms with Crippen molar-refractivity contribution in [3.8, 4) is 0 Å². The molecule has 0 N–H and O–H groups in total. The summed E-state index contributed by atoms with van der Waals surface area (Å²) in [4.78, 5) is 11.6. The van der Waals surface area contributed by atoms with Gasteiger partial charge in [-0.2, -0.15) is 0 Å². The zero-order valence-corrected chi connectivity index (χ0v) is 8.66. The maximum absolute atomic E-state index is 11.6. The average molecular weight is 196 g/mol. The van der Waals surface area contributed by atoms with Crippen LogP contribution in [0.25, 0.3) is 0 Å². The lowest BCUT2D eigenvalue weighted by molar-refractivity contribution is -0.379. The highest BCUT2D eigenvalue weighted by molar-refractivity contribution is 5.93. The van der Waals surface area contributed by atoms with Gasteiger partial charge in [0.2, 0.25) is 0 Å². The minimum atomic E-state index is -0.147. The molecule has 1 fully saturated rings. The van der Waals surface area contributed by atoms with Crippen molar-refractivity contribution in [1.29, 1.82) is 0 Å². The van der Waals surface area contributed by atoms with E-state index in [4.69, 9.17) is 9.47 Å². The summed E-state index contributed by atoms with van der Waals surface area (Å²) in [5.41, 5.74) is 1.19. The van der Waals surface area contributed by atoms with E-state index in [1.807, 2.05) is 13.8 Å². The largest absolute Gasteiger partial charge is 0.324 e. The van der Waals surface area contributed by atoms with Gasteiger partial charge in [0.25, 0.3) is 0 Å². The maximum Gasteiger partial charge on any atom is 0.164 e. The van der Waals surface area contributed by atoms with Crippen LogP contribution in [-0.2, 0) is 14.3 Å². The van der Waals surface area contributed by atoms with E-state index in [1.54, 1.807) is 6.08 Å². The summed E-state index contributed by atoms with van der Waals surface area (Å²) in [7, 11) is 0. The van der Waals surface area contributed by atoms with Crippen LogP contribution in [0.2, 0.25) is 0 Å². The molecule has 0 aromatic rings. The molecule has 1 atom stereocenters. The standard InChI is InChI=1S/C11H16O3/c1-7-3-4-9(10(12)5-7)6-11-13-8(2)14-11/h5,8-9,11H,3-4,6H2,1-2H3. The Morgan fingerprint density at radius 2 is 2.21 bits per heavy atom. The molecular formula is C11H16O3. The number of carbonyl (C=O) groups is 1. The highest BCUT2D eigenvalue weighted by Gasteiger charge is 2.32. The second-order valence-corrected chi connectivity index (χ2v) is 4.13. The molecule has 0 aromatic carbocycles. The van der Waals surface area contributed by atoms with Gasteiger partial charge in [-0.25, -0.2) is 0 Å². The van der Waals surface area contributed by atoms with Crippen molar-refractivity contribution >= 4 is 5.78 Å². The predicted octanol–water partition coefficient (Wildman–Crippen LogP) is 2.02. The third-order valence-corrected chi connectivity index (χ3v) is 2.84. The Morgan fingerprint density at radius 1 is 1.50 bits per heavy atom. The van der Waals surface area contributed by atoms with Gasteiger partial charge in [-0.05, 0) is 32.8 Å². The fourth-order valence-corrected chi connectivity index (χ4v) is 1.99. The number of carbonyl (C=O) groups excluding carboxylic acids is 1. The van der Waals surface area contributed by atoms with Gasteiger partial charge >= 0.3 is 0 Å². The Hall–Kier alpha value is -0.670. The number of ether oxygens (including phenoxy) is 2.